The summed E-state index contributed by atoms with van der Waals surface area (Å²) in [6.45, 7) is 3.38. The van der Waals surface area contributed by atoms with E-state index in [1.165, 1.54) is 42.4 Å². The summed E-state index contributed by atoms with van der Waals surface area (Å²) < 4.78 is 0. The quantitative estimate of drug-likeness (QED) is 0.803. The SMILES string of the molecule is Cc1ccccc1CC(CNC1CC1)Cc1ccsc1. The maximum absolute atomic E-state index is 3.71. The summed E-state index contributed by atoms with van der Waals surface area (Å²) in [6, 6.07) is 11.9. The van der Waals surface area contributed by atoms with Crippen molar-refractivity contribution < 1.29 is 0 Å². The number of benzene rings is 1. The molecule has 1 nitrogen and oxygen atoms in total. The molecule has 2 aromatic rings. The Labute approximate surface area is 126 Å². The molecule has 0 aliphatic heterocycles. The fraction of sp³-hybridized carbons (Fsp3) is 0.444. The fourth-order valence-corrected chi connectivity index (χ4v) is 3.41. The van der Waals surface area contributed by atoms with Crippen LogP contribution in [0.4, 0.5) is 0 Å². The molecule has 1 saturated carbocycles. The van der Waals surface area contributed by atoms with Crippen molar-refractivity contribution in [1.82, 2.24) is 5.32 Å². The van der Waals surface area contributed by atoms with E-state index < -0.39 is 0 Å². The molecule has 1 unspecified atom stereocenters. The van der Waals surface area contributed by atoms with E-state index in [1.807, 2.05) is 11.3 Å². The summed E-state index contributed by atoms with van der Waals surface area (Å²) in [7, 11) is 0. The Hall–Kier alpha value is -1.12. The van der Waals surface area contributed by atoms with E-state index in [2.05, 4.69) is 53.3 Å². The van der Waals surface area contributed by atoms with E-state index in [4.69, 9.17) is 0 Å². The zero-order valence-electron chi connectivity index (χ0n) is 12.1. The van der Waals surface area contributed by atoms with Gasteiger partial charge in [0.2, 0.25) is 0 Å². The zero-order chi connectivity index (χ0) is 13.8. The minimum absolute atomic E-state index is 0.700. The second-order valence-corrected chi connectivity index (χ2v) is 6.79. The standard InChI is InChI=1S/C18H23NS/c1-14-4-2-3-5-17(14)11-16(12-19-18-6-7-18)10-15-8-9-20-13-15/h2-5,8-9,13,16,18-19H,6-7,10-12H2,1H3. The minimum atomic E-state index is 0.700. The normalized spacial score (nSPS) is 16.2. The summed E-state index contributed by atoms with van der Waals surface area (Å²) in [4.78, 5) is 0. The average Bonchev–Trinajstić information content (AvgIpc) is 3.15. The molecule has 1 fully saturated rings. The second kappa shape index (κ2) is 6.55. The summed E-state index contributed by atoms with van der Waals surface area (Å²) >= 11 is 1.81. The number of hydrogen-bond donors (Lipinski definition) is 1. The molecule has 1 aromatic heterocycles. The minimum Gasteiger partial charge on any atom is -0.314 e. The molecule has 0 spiro atoms. The number of hydrogen-bond acceptors (Lipinski definition) is 2. The first-order valence-corrected chi connectivity index (χ1v) is 8.54. The fourth-order valence-electron chi connectivity index (χ4n) is 2.73. The highest BCUT2D eigenvalue weighted by atomic mass is 32.1. The molecule has 106 valence electrons. The summed E-state index contributed by atoms with van der Waals surface area (Å²) in [5.74, 6) is 0.700. The zero-order valence-corrected chi connectivity index (χ0v) is 13.0. The van der Waals surface area contributed by atoms with Gasteiger partial charge in [-0.25, -0.2) is 0 Å². The molecule has 1 aliphatic carbocycles. The lowest BCUT2D eigenvalue weighted by molar-refractivity contribution is 0.468. The van der Waals surface area contributed by atoms with Gasteiger partial charge in [-0.3, -0.25) is 0 Å². The van der Waals surface area contributed by atoms with Gasteiger partial charge in [0.1, 0.15) is 0 Å². The maximum Gasteiger partial charge on any atom is 0.00683 e. The topological polar surface area (TPSA) is 12.0 Å². The van der Waals surface area contributed by atoms with Crippen LogP contribution in [0.2, 0.25) is 0 Å². The molecule has 20 heavy (non-hydrogen) atoms. The van der Waals surface area contributed by atoms with Crippen molar-refractivity contribution in [3.05, 3.63) is 57.8 Å². The van der Waals surface area contributed by atoms with Crippen LogP contribution in [0.25, 0.3) is 0 Å². The number of aryl methyl sites for hydroxylation is 1. The lowest BCUT2D eigenvalue weighted by Gasteiger charge is -2.18. The molecule has 0 radical (unpaired) electrons. The van der Waals surface area contributed by atoms with Crippen molar-refractivity contribution >= 4 is 11.3 Å². The van der Waals surface area contributed by atoms with E-state index in [-0.39, 0.29) is 0 Å². The van der Waals surface area contributed by atoms with Gasteiger partial charge in [0.05, 0.1) is 0 Å². The van der Waals surface area contributed by atoms with Crippen molar-refractivity contribution in [2.75, 3.05) is 6.54 Å². The third kappa shape index (κ3) is 3.94. The van der Waals surface area contributed by atoms with Gasteiger partial charge in [0.15, 0.2) is 0 Å². The van der Waals surface area contributed by atoms with Crippen LogP contribution in [0.5, 0.6) is 0 Å². The number of thiophene rings is 1. The molecule has 2 heteroatoms. The highest BCUT2D eigenvalue weighted by molar-refractivity contribution is 7.07. The largest absolute Gasteiger partial charge is 0.314 e. The Morgan fingerprint density at radius 1 is 1.20 bits per heavy atom. The first-order chi connectivity index (χ1) is 9.81. The van der Waals surface area contributed by atoms with Gasteiger partial charge in [-0.15, -0.1) is 0 Å². The van der Waals surface area contributed by atoms with Gasteiger partial charge in [0, 0.05) is 6.04 Å². The molecule has 0 amide bonds. The summed E-state index contributed by atoms with van der Waals surface area (Å²) in [6.07, 6.45) is 5.12. The predicted molar refractivity (Wildman–Crippen MR) is 87.4 cm³/mol. The first kappa shape index (κ1) is 13.8. The Bertz CT molecular complexity index is 528. The predicted octanol–water partition coefficient (Wildman–Crippen LogP) is 4.21. The molecule has 0 bridgehead atoms. The molecule has 3 rings (SSSR count). The van der Waals surface area contributed by atoms with E-state index in [9.17, 15) is 0 Å². The number of rotatable bonds is 7. The molecular formula is C18H23NS. The molecule has 1 aromatic carbocycles. The smallest absolute Gasteiger partial charge is 0.00683 e. The summed E-state index contributed by atoms with van der Waals surface area (Å²) in [5.41, 5.74) is 4.42. The van der Waals surface area contributed by atoms with Crippen LogP contribution in [-0.2, 0) is 12.8 Å². The van der Waals surface area contributed by atoms with Gasteiger partial charge in [-0.2, -0.15) is 11.3 Å². The third-order valence-electron chi connectivity index (χ3n) is 4.15. The lowest BCUT2D eigenvalue weighted by Crippen LogP contribution is -2.27. The van der Waals surface area contributed by atoms with E-state index in [0.717, 1.165) is 12.6 Å². The summed E-state index contributed by atoms with van der Waals surface area (Å²) in [5, 5.41) is 8.19. The van der Waals surface area contributed by atoms with Crippen molar-refractivity contribution in [3.63, 3.8) is 0 Å². The van der Waals surface area contributed by atoms with Crippen LogP contribution in [0.3, 0.4) is 0 Å². The highest BCUT2D eigenvalue weighted by Crippen LogP contribution is 2.22. The monoisotopic (exact) mass is 285 g/mol. The lowest BCUT2D eigenvalue weighted by atomic mass is 9.91. The van der Waals surface area contributed by atoms with Crippen LogP contribution < -0.4 is 5.32 Å². The molecule has 1 N–H and O–H groups in total. The van der Waals surface area contributed by atoms with Crippen LogP contribution in [0.15, 0.2) is 41.1 Å². The molecule has 1 heterocycles. The van der Waals surface area contributed by atoms with Gasteiger partial charge in [-0.05, 0) is 78.6 Å². The van der Waals surface area contributed by atoms with Gasteiger partial charge < -0.3 is 5.32 Å². The van der Waals surface area contributed by atoms with Crippen molar-refractivity contribution in [2.45, 2.75) is 38.6 Å². The Kier molecular flexibility index (Phi) is 4.54. The third-order valence-corrected chi connectivity index (χ3v) is 4.88. The molecular weight excluding hydrogens is 262 g/mol. The number of nitrogens with one attached hydrogen (secondary N) is 1. The van der Waals surface area contributed by atoms with Crippen LogP contribution >= 0.6 is 11.3 Å². The van der Waals surface area contributed by atoms with E-state index >= 15 is 0 Å². The first-order valence-electron chi connectivity index (χ1n) is 7.60. The van der Waals surface area contributed by atoms with Crippen LogP contribution in [0.1, 0.15) is 29.5 Å². The average molecular weight is 285 g/mol. The van der Waals surface area contributed by atoms with Crippen molar-refractivity contribution in [1.29, 1.82) is 0 Å². The van der Waals surface area contributed by atoms with Crippen LogP contribution in [-0.4, -0.2) is 12.6 Å². The molecule has 1 aliphatic rings. The van der Waals surface area contributed by atoms with Gasteiger partial charge in [0.25, 0.3) is 0 Å². The van der Waals surface area contributed by atoms with Gasteiger partial charge >= 0.3 is 0 Å². The van der Waals surface area contributed by atoms with E-state index in [1.54, 1.807) is 0 Å². The van der Waals surface area contributed by atoms with Crippen molar-refractivity contribution in [3.8, 4) is 0 Å². The molecule has 0 saturated heterocycles. The van der Waals surface area contributed by atoms with Crippen molar-refractivity contribution in [2.24, 2.45) is 5.92 Å². The van der Waals surface area contributed by atoms with Crippen LogP contribution in [0, 0.1) is 12.8 Å². The van der Waals surface area contributed by atoms with E-state index in [0.29, 0.717) is 5.92 Å². The second-order valence-electron chi connectivity index (χ2n) is 6.01. The Balaban J connectivity index is 1.65. The highest BCUT2D eigenvalue weighted by Gasteiger charge is 2.22. The Morgan fingerprint density at radius 2 is 2.05 bits per heavy atom. The Morgan fingerprint density at radius 3 is 2.75 bits per heavy atom. The maximum atomic E-state index is 3.71. The molecule has 1 atom stereocenters. The van der Waals surface area contributed by atoms with Gasteiger partial charge in [-0.1, -0.05) is 24.3 Å².